The summed E-state index contributed by atoms with van der Waals surface area (Å²) in [5, 5.41) is 8.00. The number of pyridine rings is 1. The smallest absolute Gasteiger partial charge is 0.272 e. The maximum Gasteiger partial charge on any atom is 0.272 e. The molecule has 1 N–H and O–H groups in total. The van der Waals surface area contributed by atoms with E-state index in [1.165, 1.54) is 0 Å². The van der Waals surface area contributed by atoms with E-state index < -0.39 is 0 Å². The second-order valence-corrected chi connectivity index (χ2v) is 5.88. The Morgan fingerprint density at radius 1 is 1.40 bits per heavy atom. The van der Waals surface area contributed by atoms with Gasteiger partial charge in [0.25, 0.3) is 5.91 Å². The number of nitrogens with zero attached hydrogens (tertiary/aromatic N) is 3. The molecule has 3 heterocycles. The maximum absolute atomic E-state index is 12.5. The zero-order valence-corrected chi connectivity index (χ0v) is 13.8. The van der Waals surface area contributed by atoms with Crippen LogP contribution in [0.4, 0.5) is 0 Å². The molecular formula is C18H18N4O3. The number of aryl methyl sites for hydroxylation is 1. The third-order valence-electron chi connectivity index (χ3n) is 4.12. The van der Waals surface area contributed by atoms with Crippen LogP contribution in [0.3, 0.4) is 0 Å². The lowest BCUT2D eigenvalue weighted by Crippen LogP contribution is -2.44. The van der Waals surface area contributed by atoms with Gasteiger partial charge in [0, 0.05) is 25.1 Å². The number of carbonyl (C=O) groups excluding carboxylic acids is 1. The van der Waals surface area contributed by atoms with E-state index in [4.69, 9.17) is 9.47 Å². The first-order valence-corrected chi connectivity index (χ1v) is 8.12. The number of rotatable bonds is 5. The van der Waals surface area contributed by atoms with Crippen LogP contribution in [0.5, 0.6) is 5.75 Å². The number of amides is 1. The molecule has 0 spiro atoms. The Kier molecular flexibility index (Phi) is 4.07. The molecule has 1 aliphatic heterocycles. The molecule has 7 nitrogen and oxygen atoms in total. The molecule has 3 aromatic rings. The van der Waals surface area contributed by atoms with Gasteiger partial charge in [0.1, 0.15) is 24.3 Å². The van der Waals surface area contributed by atoms with Crippen molar-refractivity contribution in [2.75, 3.05) is 6.61 Å². The van der Waals surface area contributed by atoms with Gasteiger partial charge in [0.2, 0.25) is 0 Å². The SMILES string of the molecule is Cn1nc2ccc(OCc3ccccn3)cc2c1C(=O)NC1CCO1. The predicted octanol–water partition coefficient (Wildman–Crippen LogP) is 2.02. The lowest BCUT2D eigenvalue weighted by Gasteiger charge is -2.27. The van der Waals surface area contributed by atoms with E-state index in [-0.39, 0.29) is 12.1 Å². The van der Waals surface area contributed by atoms with Gasteiger partial charge in [-0.05, 0) is 30.3 Å². The van der Waals surface area contributed by atoms with E-state index in [1.807, 2.05) is 36.4 Å². The molecular weight excluding hydrogens is 320 g/mol. The number of hydrogen-bond donors (Lipinski definition) is 1. The van der Waals surface area contributed by atoms with Gasteiger partial charge < -0.3 is 14.8 Å². The van der Waals surface area contributed by atoms with Gasteiger partial charge in [-0.3, -0.25) is 14.5 Å². The Bertz CT molecular complexity index is 903. The van der Waals surface area contributed by atoms with Crippen molar-refractivity contribution in [3.63, 3.8) is 0 Å². The van der Waals surface area contributed by atoms with Crippen LogP contribution in [0.25, 0.3) is 10.9 Å². The molecule has 7 heteroatoms. The molecule has 1 aromatic carbocycles. The summed E-state index contributed by atoms with van der Waals surface area (Å²) in [4.78, 5) is 16.8. The highest BCUT2D eigenvalue weighted by molar-refractivity contribution is 6.05. The lowest BCUT2D eigenvalue weighted by molar-refractivity contribution is -0.0648. The molecule has 1 amide bonds. The third kappa shape index (κ3) is 3.18. The number of carbonyl (C=O) groups is 1. The largest absolute Gasteiger partial charge is 0.487 e. The van der Waals surface area contributed by atoms with Gasteiger partial charge >= 0.3 is 0 Å². The molecule has 4 rings (SSSR count). The normalized spacial score (nSPS) is 16.4. The first-order valence-electron chi connectivity index (χ1n) is 8.12. The van der Waals surface area contributed by atoms with E-state index in [9.17, 15) is 4.79 Å². The molecule has 1 atom stereocenters. The predicted molar refractivity (Wildman–Crippen MR) is 91.1 cm³/mol. The number of fused-ring (bicyclic) bond motifs is 1. The van der Waals surface area contributed by atoms with E-state index >= 15 is 0 Å². The quantitative estimate of drug-likeness (QED) is 0.770. The fraction of sp³-hybridized carbons (Fsp3) is 0.278. The van der Waals surface area contributed by atoms with Crippen LogP contribution in [-0.4, -0.2) is 33.5 Å². The van der Waals surface area contributed by atoms with E-state index in [0.29, 0.717) is 24.7 Å². The highest BCUT2D eigenvalue weighted by Gasteiger charge is 2.24. The summed E-state index contributed by atoms with van der Waals surface area (Å²) >= 11 is 0. The Labute approximate surface area is 144 Å². The van der Waals surface area contributed by atoms with Gasteiger partial charge in [-0.25, -0.2) is 0 Å². The minimum absolute atomic E-state index is 0.198. The van der Waals surface area contributed by atoms with Crippen LogP contribution >= 0.6 is 0 Å². The van der Waals surface area contributed by atoms with Crippen molar-refractivity contribution >= 4 is 16.8 Å². The summed E-state index contributed by atoms with van der Waals surface area (Å²) in [6.45, 7) is 1.05. The zero-order valence-electron chi connectivity index (χ0n) is 13.8. The second-order valence-electron chi connectivity index (χ2n) is 5.88. The number of benzene rings is 1. The minimum atomic E-state index is -0.207. The summed E-state index contributed by atoms with van der Waals surface area (Å²) < 4.78 is 12.7. The number of hydrogen-bond acceptors (Lipinski definition) is 5. The highest BCUT2D eigenvalue weighted by Crippen LogP contribution is 2.24. The van der Waals surface area contributed by atoms with Crippen molar-refractivity contribution in [3.8, 4) is 5.75 Å². The van der Waals surface area contributed by atoms with Gasteiger partial charge in [-0.2, -0.15) is 5.10 Å². The Balaban J connectivity index is 1.58. The topological polar surface area (TPSA) is 78.3 Å². The van der Waals surface area contributed by atoms with Crippen molar-refractivity contribution in [2.45, 2.75) is 19.3 Å². The number of aromatic nitrogens is 3. The summed E-state index contributed by atoms with van der Waals surface area (Å²) in [5.41, 5.74) is 2.08. The fourth-order valence-electron chi connectivity index (χ4n) is 2.74. The molecule has 1 fully saturated rings. The average molecular weight is 338 g/mol. The first-order chi connectivity index (χ1) is 12.2. The van der Waals surface area contributed by atoms with Crippen LogP contribution in [-0.2, 0) is 18.4 Å². The lowest BCUT2D eigenvalue weighted by atomic mass is 10.2. The Hall–Kier alpha value is -2.93. The fourth-order valence-corrected chi connectivity index (χ4v) is 2.74. The molecule has 2 aromatic heterocycles. The summed E-state index contributed by atoms with van der Waals surface area (Å²) in [5.74, 6) is 0.469. The zero-order chi connectivity index (χ0) is 17.2. The monoisotopic (exact) mass is 338 g/mol. The van der Waals surface area contributed by atoms with Crippen molar-refractivity contribution < 1.29 is 14.3 Å². The maximum atomic E-state index is 12.5. The van der Waals surface area contributed by atoms with Gasteiger partial charge in [0.15, 0.2) is 0 Å². The van der Waals surface area contributed by atoms with Crippen LogP contribution in [0.1, 0.15) is 22.6 Å². The van der Waals surface area contributed by atoms with Crippen molar-refractivity contribution in [3.05, 3.63) is 54.0 Å². The van der Waals surface area contributed by atoms with Crippen molar-refractivity contribution in [2.24, 2.45) is 7.05 Å². The van der Waals surface area contributed by atoms with E-state index in [2.05, 4.69) is 15.4 Å². The van der Waals surface area contributed by atoms with Gasteiger partial charge in [-0.1, -0.05) is 6.07 Å². The second kappa shape index (κ2) is 6.52. The summed E-state index contributed by atoms with van der Waals surface area (Å²) in [7, 11) is 1.75. The molecule has 1 unspecified atom stereocenters. The third-order valence-corrected chi connectivity index (χ3v) is 4.12. The molecule has 1 saturated heterocycles. The average Bonchev–Trinajstić information content (AvgIpc) is 2.92. The van der Waals surface area contributed by atoms with Crippen LogP contribution in [0, 0.1) is 0 Å². The van der Waals surface area contributed by atoms with Crippen LogP contribution in [0.2, 0.25) is 0 Å². The highest BCUT2D eigenvalue weighted by atomic mass is 16.5. The van der Waals surface area contributed by atoms with Gasteiger partial charge in [0.05, 0.1) is 17.8 Å². The standard InChI is InChI=1S/C18H18N4O3/c1-22-17(18(23)20-16-7-9-24-16)14-10-13(5-6-15(14)21-22)25-11-12-4-2-3-8-19-12/h2-6,8,10,16H,7,9,11H2,1H3,(H,20,23). The van der Waals surface area contributed by atoms with Crippen molar-refractivity contribution in [1.29, 1.82) is 0 Å². The molecule has 25 heavy (non-hydrogen) atoms. The Morgan fingerprint density at radius 2 is 2.28 bits per heavy atom. The number of ether oxygens (including phenoxy) is 2. The first kappa shape index (κ1) is 15.6. The van der Waals surface area contributed by atoms with E-state index in [1.54, 1.807) is 17.9 Å². The van der Waals surface area contributed by atoms with Crippen LogP contribution < -0.4 is 10.1 Å². The molecule has 128 valence electrons. The summed E-state index contributed by atoms with van der Waals surface area (Å²) in [6.07, 6.45) is 2.36. The molecule has 0 bridgehead atoms. The molecule has 0 aliphatic carbocycles. The summed E-state index contributed by atoms with van der Waals surface area (Å²) in [6, 6.07) is 11.2. The molecule has 0 radical (unpaired) electrons. The molecule has 1 aliphatic rings. The molecule has 0 saturated carbocycles. The number of nitrogens with one attached hydrogen (secondary N) is 1. The van der Waals surface area contributed by atoms with Gasteiger partial charge in [-0.15, -0.1) is 0 Å². The van der Waals surface area contributed by atoms with Crippen LogP contribution in [0.15, 0.2) is 42.6 Å². The van der Waals surface area contributed by atoms with Crippen molar-refractivity contribution in [1.82, 2.24) is 20.1 Å². The minimum Gasteiger partial charge on any atom is -0.487 e. The van der Waals surface area contributed by atoms with E-state index in [0.717, 1.165) is 23.0 Å². The Morgan fingerprint density at radius 3 is 3.00 bits per heavy atom.